The second-order valence-electron chi connectivity index (χ2n) is 4.93. The van der Waals surface area contributed by atoms with Gasteiger partial charge in [-0.3, -0.25) is 9.59 Å². The minimum atomic E-state index is -0.299. The van der Waals surface area contributed by atoms with Crippen LogP contribution in [0.15, 0.2) is 18.2 Å². The van der Waals surface area contributed by atoms with E-state index < -0.39 is 0 Å². The van der Waals surface area contributed by atoms with Gasteiger partial charge in [0, 0.05) is 13.6 Å². The third kappa shape index (κ3) is 5.85. The van der Waals surface area contributed by atoms with Gasteiger partial charge in [0.25, 0.3) is 5.91 Å². The molecule has 0 saturated carbocycles. The number of hydrogen-bond donors (Lipinski definition) is 0. The summed E-state index contributed by atoms with van der Waals surface area (Å²) in [5.74, 6) is 0.236. The number of esters is 1. The first-order chi connectivity index (χ1) is 9.93. The van der Waals surface area contributed by atoms with E-state index in [4.69, 9.17) is 9.47 Å². The molecule has 5 heteroatoms. The Labute approximate surface area is 125 Å². The number of aryl methyl sites for hydroxylation is 2. The van der Waals surface area contributed by atoms with Crippen LogP contribution in [0.5, 0.6) is 5.75 Å². The SMILES string of the molecule is CCOC(=O)CCN(C)C(=O)COc1ccc(C)cc1C. The Kier molecular flexibility index (Phi) is 6.72. The van der Waals surface area contributed by atoms with Gasteiger partial charge in [0.05, 0.1) is 13.0 Å². The average Bonchev–Trinajstić information content (AvgIpc) is 2.43. The van der Waals surface area contributed by atoms with Crippen LogP contribution in [0.3, 0.4) is 0 Å². The van der Waals surface area contributed by atoms with E-state index in [0.717, 1.165) is 11.1 Å². The summed E-state index contributed by atoms with van der Waals surface area (Å²) in [7, 11) is 1.65. The summed E-state index contributed by atoms with van der Waals surface area (Å²) in [4.78, 5) is 24.6. The van der Waals surface area contributed by atoms with Crippen molar-refractivity contribution in [1.29, 1.82) is 0 Å². The van der Waals surface area contributed by atoms with Gasteiger partial charge in [-0.2, -0.15) is 0 Å². The van der Waals surface area contributed by atoms with E-state index in [9.17, 15) is 9.59 Å². The maximum absolute atomic E-state index is 11.9. The lowest BCUT2D eigenvalue weighted by molar-refractivity contribution is -0.144. The fourth-order valence-corrected chi connectivity index (χ4v) is 1.83. The van der Waals surface area contributed by atoms with Crippen molar-refractivity contribution >= 4 is 11.9 Å². The predicted molar refractivity (Wildman–Crippen MR) is 80.3 cm³/mol. The van der Waals surface area contributed by atoms with Gasteiger partial charge < -0.3 is 14.4 Å². The van der Waals surface area contributed by atoms with E-state index >= 15 is 0 Å². The highest BCUT2D eigenvalue weighted by Crippen LogP contribution is 2.18. The normalized spacial score (nSPS) is 10.1. The number of likely N-dealkylation sites (N-methyl/N-ethyl adjacent to an activating group) is 1. The first-order valence-corrected chi connectivity index (χ1v) is 7.03. The first kappa shape index (κ1) is 17.0. The van der Waals surface area contributed by atoms with E-state index in [-0.39, 0.29) is 24.9 Å². The molecule has 0 aliphatic carbocycles. The molecule has 0 saturated heterocycles. The van der Waals surface area contributed by atoms with E-state index in [1.807, 2.05) is 32.0 Å². The summed E-state index contributed by atoms with van der Waals surface area (Å²) in [5, 5.41) is 0. The van der Waals surface area contributed by atoms with Gasteiger partial charge in [0.2, 0.25) is 0 Å². The van der Waals surface area contributed by atoms with E-state index in [2.05, 4.69) is 0 Å². The molecular formula is C16H23NO4. The molecule has 1 rings (SSSR count). The summed E-state index contributed by atoms with van der Waals surface area (Å²) >= 11 is 0. The molecule has 1 aromatic carbocycles. The van der Waals surface area contributed by atoms with Crippen LogP contribution < -0.4 is 4.74 Å². The molecule has 0 aromatic heterocycles. The Morgan fingerprint density at radius 1 is 1.24 bits per heavy atom. The average molecular weight is 293 g/mol. The summed E-state index contributed by atoms with van der Waals surface area (Å²) in [5.41, 5.74) is 2.15. The molecule has 21 heavy (non-hydrogen) atoms. The quantitative estimate of drug-likeness (QED) is 0.722. The van der Waals surface area contributed by atoms with Gasteiger partial charge in [-0.25, -0.2) is 0 Å². The number of hydrogen-bond acceptors (Lipinski definition) is 4. The van der Waals surface area contributed by atoms with E-state index in [1.165, 1.54) is 4.90 Å². The van der Waals surface area contributed by atoms with Crippen molar-refractivity contribution in [3.63, 3.8) is 0 Å². The Balaban J connectivity index is 2.40. The van der Waals surface area contributed by atoms with Crippen LogP contribution in [-0.4, -0.2) is 43.6 Å². The smallest absolute Gasteiger partial charge is 0.307 e. The van der Waals surface area contributed by atoms with E-state index in [1.54, 1.807) is 14.0 Å². The fraction of sp³-hybridized carbons (Fsp3) is 0.500. The first-order valence-electron chi connectivity index (χ1n) is 7.03. The lowest BCUT2D eigenvalue weighted by Gasteiger charge is -2.17. The maximum Gasteiger partial charge on any atom is 0.307 e. The number of benzene rings is 1. The number of carbonyl (C=O) groups is 2. The standard InChI is InChI=1S/C16H23NO4/c1-5-20-16(19)8-9-17(4)15(18)11-21-14-7-6-12(2)10-13(14)3/h6-7,10H,5,8-9,11H2,1-4H3. The van der Waals surface area contributed by atoms with Crippen LogP contribution >= 0.6 is 0 Å². The van der Waals surface area contributed by atoms with Gasteiger partial charge in [-0.05, 0) is 32.4 Å². The Bertz CT molecular complexity index is 499. The molecule has 1 amide bonds. The lowest BCUT2D eigenvalue weighted by Crippen LogP contribution is -2.33. The molecule has 0 atom stereocenters. The second-order valence-corrected chi connectivity index (χ2v) is 4.93. The van der Waals surface area contributed by atoms with Crippen molar-refractivity contribution in [3.8, 4) is 5.75 Å². The van der Waals surface area contributed by atoms with E-state index in [0.29, 0.717) is 18.9 Å². The summed E-state index contributed by atoms with van der Waals surface area (Å²) < 4.78 is 10.3. The highest BCUT2D eigenvalue weighted by atomic mass is 16.5. The van der Waals surface area contributed by atoms with Gasteiger partial charge >= 0.3 is 5.97 Å². The molecule has 0 aliphatic rings. The monoisotopic (exact) mass is 293 g/mol. The van der Waals surface area contributed by atoms with Crippen molar-refractivity contribution < 1.29 is 19.1 Å². The Hall–Kier alpha value is -2.04. The van der Waals surface area contributed by atoms with Crippen LogP contribution in [-0.2, 0) is 14.3 Å². The highest BCUT2D eigenvalue weighted by molar-refractivity contribution is 5.78. The van der Waals surface area contributed by atoms with Crippen LogP contribution in [0.1, 0.15) is 24.5 Å². The largest absolute Gasteiger partial charge is 0.484 e. The third-order valence-corrected chi connectivity index (χ3v) is 3.06. The van der Waals surface area contributed by atoms with Gasteiger partial charge in [0.15, 0.2) is 6.61 Å². The molecule has 5 nitrogen and oxygen atoms in total. The van der Waals surface area contributed by atoms with Gasteiger partial charge in [-0.15, -0.1) is 0 Å². The van der Waals surface area contributed by atoms with Gasteiger partial charge in [-0.1, -0.05) is 17.7 Å². The van der Waals surface area contributed by atoms with Crippen LogP contribution in [0.4, 0.5) is 0 Å². The van der Waals surface area contributed by atoms with Crippen LogP contribution in [0.2, 0.25) is 0 Å². The molecule has 0 fully saturated rings. The van der Waals surface area contributed by atoms with Crippen LogP contribution in [0.25, 0.3) is 0 Å². The van der Waals surface area contributed by atoms with Crippen molar-refractivity contribution in [2.24, 2.45) is 0 Å². The zero-order chi connectivity index (χ0) is 15.8. The molecule has 0 bridgehead atoms. The summed E-state index contributed by atoms with van der Waals surface area (Å²) in [6, 6.07) is 5.80. The minimum Gasteiger partial charge on any atom is -0.484 e. The number of amides is 1. The van der Waals surface area contributed by atoms with Crippen molar-refractivity contribution in [2.75, 3.05) is 26.8 Å². The van der Waals surface area contributed by atoms with Crippen LogP contribution in [0, 0.1) is 13.8 Å². The molecule has 0 spiro atoms. The number of rotatable bonds is 7. The third-order valence-electron chi connectivity index (χ3n) is 3.06. The maximum atomic E-state index is 11.9. The minimum absolute atomic E-state index is 0.0385. The predicted octanol–water partition coefficient (Wildman–Crippen LogP) is 2.09. The molecule has 0 N–H and O–H groups in total. The highest BCUT2D eigenvalue weighted by Gasteiger charge is 2.12. The number of ether oxygens (including phenoxy) is 2. The Morgan fingerprint density at radius 2 is 1.95 bits per heavy atom. The molecule has 0 heterocycles. The van der Waals surface area contributed by atoms with Crippen molar-refractivity contribution in [2.45, 2.75) is 27.2 Å². The molecule has 0 aliphatic heterocycles. The summed E-state index contributed by atoms with van der Waals surface area (Å²) in [6.45, 7) is 6.34. The topological polar surface area (TPSA) is 55.8 Å². The molecule has 0 unspecified atom stereocenters. The summed E-state index contributed by atoms with van der Waals surface area (Å²) in [6.07, 6.45) is 0.194. The zero-order valence-corrected chi connectivity index (χ0v) is 13.1. The second kappa shape index (κ2) is 8.29. The fourth-order valence-electron chi connectivity index (χ4n) is 1.83. The Morgan fingerprint density at radius 3 is 2.57 bits per heavy atom. The lowest BCUT2D eigenvalue weighted by atomic mass is 10.1. The van der Waals surface area contributed by atoms with Crippen molar-refractivity contribution in [1.82, 2.24) is 4.90 Å². The zero-order valence-electron chi connectivity index (χ0n) is 13.1. The van der Waals surface area contributed by atoms with Crippen molar-refractivity contribution in [3.05, 3.63) is 29.3 Å². The number of carbonyl (C=O) groups excluding carboxylic acids is 2. The molecular weight excluding hydrogens is 270 g/mol. The molecule has 0 radical (unpaired) electrons. The number of nitrogens with zero attached hydrogens (tertiary/aromatic N) is 1. The van der Waals surface area contributed by atoms with Gasteiger partial charge in [0.1, 0.15) is 5.75 Å². The molecule has 116 valence electrons. The molecule has 1 aromatic rings.